The average molecular weight is 334 g/mol. The van der Waals surface area contributed by atoms with Gasteiger partial charge < -0.3 is 19.4 Å². The summed E-state index contributed by atoms with van der Waals surface area (Å²) in [7, 11) is 0. The molecule has 2 unspecified atom stereocenters. The fraction of sp³-hybridized carbons (Fsp3) is 0.471. The summed E-state index contributed by atoms with van der Waals surface area (Å²) >= 11 is 1.67. The van der Waals surface area contributed by atoms with Crippen LogP contribution in [0.4, 0.5) is 4.79 Å². The smallest absolute Gasteiger partial charge is 0.318 e. The number of morpholine rings is 1. The molecule has 2 aromatic rings. The molecule has 1 aliphatic heterocycles. The van der Waals surface area contributed by atoms with Crippen molar-refractivity contribution in [2.45, 2.75) is 32.4 Å². The zero-order valence-corrected chi connectivity index (χ0v) is 14.3. The molecule has 23 heavy (non-hydrogen) atoms. The lowest BCUT2D eigenvalue weighted by atomic mass is 10.2. The van der Waals surface area contributed by atoms with Gasteiger partial charge in [-0.25, -0.2) is 4.79 Å². The Hall–Kier alpha value is -1.79. The Kier molecular flexibility index (Phi) is 5.03. The van der Waals surface area contributed by atoms with Gasteiger partial charge in [0.15, 0.2) is 0 Å². The van der Waals surface area contributed by atoms with Crippen LogP contribution in [0.15, 0.2) is 34.1 Å². The summed E-state index contributed by atoms with van der Waals surface area (Å²) in [6.45, 7) is 5.62. The predicted octanol–water partition coefficient (Wildman–Crippen LogP) is 3.88. The molecule has 1 aliphatic rings. The lowest BCUT2D eigenvalue weighted by Gasteiger charge is -2.33. The first-order chi connectivity index (χ1) is 11.2. The molecular weight excluding hydrogens is 312 g/mol. The van der Waals surface area contributed by atoms with Gasteiger partial charge in [0, 0.05) is 11.4 Å². The summed E-state index contributed by atoms with van der Waals surface area (Å²) in [5.74, 6) is 1.64. The summed E-state index contributed by atoms with van der Waals surface area (Å²) in [6, 6.07) is 7.94. The number of nitrogens with one attached hydrogen (secondary N) is 1. The number of thiophene rings is 1. The topological polar surface area (TPSA) is 54.7 Å². The molecule has 124 valence electrons. The van der Waals surface area contributed by atoms with Crippen molar-refractivity contribution in [3.63, 3.8) is 0 Å². The maximum atomic E-state index is 12.6. The zero-order valence-electron chi connectivity index (χ0n) is 13.5. The molecule has 3 heterocycles. The van der Waals surface area contributed by atoms with E-state index in [1.807, 2.05) is 35.4 Å². The van der Waals surface area contributed by atoms with Crippen LogP contribution in [0.5, 0.6) is 0 Å². The lowest BCUT2D eigenvalue weighted by Crippen LogP contribution is -2.47. The molecule has 2 atom stereocenters. The summed E-state index contributed by atoms with van der Waals surface area (Å²) in [5.41, 5.74) is 0. The fourth-order valence-corrected chi connectivity index (χ4v) is 3.60. The van der Waals surface area contributed by atoms with Crippen molar-refractivity contribution in [3.05, 3.63) is 46.0 Å². The molecular formula is C17H22N2O3S. The van der Waals surface area contributed by atoms with Gasteiger partial charge in [0.25, 0.3) is 0 Å². The number of hydrogen-bond acceptors (Lipinski definition) is 4. The Bertz CT molecular complexity index is 638. The molecule has 0 bridgehead atoms. The van der Waals surface area contributed by atoms with E-state index in [1.165, 1.54) is 4.88 Å². The molecule has 0 radical (unpaired) electrons. The third-order valence-corrected chi connectivity index (χ3v) is 5.01. The van der Waals surface area contributed by atoms with Crippen molar-refractivity contribution < 1.29 is 13.9 Å². The second kappa shape index (κ2) is 7.19. The van der Waals surface area contributed by atoms with E-state index in [0.717, 1.165) is 17.9 Å². The fourth-order valence-electron chi connectivity index (χ4n) is 2.74. The van der Waals surface area contributed by atoms with E-state index in [-0.39, 0.29) is 18.2 Å². The maximum Gasteiger partial charge on any atom is 0.318 e. The van der Waals surface area contributed by atoms with Gasteiger partial charge in [-0.3, -0.25) is 0 Å². The summed E-state index contributed by atoms with van der Waals surface area (Å²) in [4.78, 5) is 15.6. The Balaban J connectivity index is 1.62. The molecule has 0 aliphatic carbocycles. The van der Waals surface area contributed by atoms with Crippen LogP contribution in [0, 0.1) is 6.92 Å². The molecule has 0 saturated carbocycles. The van der Waals surface area contributed by atoms with Gasteiger partial charge in [0.1, 0.15) is 17.6 Å². The van der Waals surface area contributed by atoms with E-state index in [2.05, 4.69) is 18.3 Å². The van der Waals surface area contributed by atoms with Gasteiger partial charge in [-0.05, 0) is 36.9 Å². The lowest BCUT2D eigenvalue weighted by molar-refractivity contribution is -0.0266. The molecule has 2 amide bonds. The third kappa shape index (κ3) is 3.76. The van der Waals surface area contributed by atoms with Gasteiger partial charge >= 0.3 is 6.03 Å². The predicted molar refractivity (Wildman–Crippen MR) is 89.6 cm³/mol. The first kappa shape index (κ1) is 16.1. The largest absolute Gasteiger partial charge is 0.464 e. The highest BCUT2D eigenvalue weighted by molar-refractivity contribution is 7.10. The van der Waals surface area contributed by atoms with Crippen molar-refractivity contribution >= 4 is 17.4 Å². The van der Waals surface area contributed by atoms with E-state index < -0.39 is 0 Å². The second-order valence-corrected chi connectivity index (χ2v) is 6.66. The van der Waals surface area contributed by atoms with Crippen LogP contribution in [0.25, 0.3) is 0 Å². The maximum absolute atomic E-state index is 12.6. The first-order valence-corrected chi connectivity index (χ1v) is 8.82. The van der Waals surface area contributed by atoms with Crippen LogP contribution in [-0.4, -0.2) is 30.6 Å². The van der Waals surface area contributed by atoms with Gasteiger partial charge in [0.05, 0.1) is 19.2 Å². The minimum Gasteiger partial charge on any atom is -0.464 e. The number of amides is 2. The van der Waals surface area contributed by atoms with E-state index in [1.54, 1.807) is 11.3 Å². The SMILES string of the molecule is CCC(NC(=O)N1CCOC(c2ccc(C)o2)C1)c1cccs1. The van der Waals surface area contributed by atoms with Gasteiger partial charge in [0.2, 0.25) is 0 Å². The van der Waals surface area contributed by atoms with Crippen LogP contribution < -0.4 is 5.32 Å². The van der Waals surface area contributed by atoms with Crippen molar-refractivity contribution in [2.75, 3.05) is 19.7 Å². The van der Waals surface area contributed by atoms with Crippen LogP contribution in [0.3, 0.4) is 0 Å². The Morgan fingerprint density at radius 3 is 3.00 bits per heavy atom. The standard InChI is InChI=1S/C17H22N2O3S/c1-3-13(16-5-4-10-23-16)18-17(20)19-8-9-21-15(11-19)14-7-6-12(2)22-14/h4-7,10,13,15H,3,8-9,11H2,1-2H3,(H,18,20). The normalized spacial score (nSPS) is 19.6. The molecule has 2 aromatic heterocycles. The third-order valence-electron chi connectivity index (χ3n) is 4.02. The van der Waals surface area contributed by atoms with Crippen LogP contribution in [-0.2, 0) is 4.74 Å². The minimum absolute atomic E-state index is 0.0400. The summed E-state index contributed by atoms with van der Waals surface area (Å²) in [6.07, 6.45) is 0.683. The number of carbonyl (C=O) groups excluding carboxylic acids is 1. The molecule has 5 nitrogen and oxygen atoms in total. The number of urea groups is 1. The van der Waals surface area contributed by atoms with E-state index in [0.29, 0.717) is 19.7 Å². The number of nitrogens with zero attached hydrogens (tertiary/aromatic N) is 1. The Morgan fingerprint density at radius 2 is 2.35 bits per heavy atom. The number of ether oxygens (including phenoxy) is 1. The molecule has 0 spiro atoms. The van der Waals surface area contributed by atoms with Crippen molar-refractivity contribution in [1.29, 1.82) is 0 Å². The number of carbonyl (C=O) groups is 1. The van der Waals surface area contributed by atoms with Crippen LogP contribution >= 0.6 is 11.3 Å². The average Bonchev–Trinajstić information content (AvgIpc) is 3.24. The highest BCUT2D eigenvalue weighted by atomic mass is 32.1. The Morgan fingerprint density at radius 1 is 1.48 bits per heavy atom. The van der Waals surface area contributed by atoms with Crippen LogP contribution in [0.2, 0.25) is 0 Å². The number of furan rings is 1. The highest BCUT2D eigenvalue weighted by Gasteiger charge is 2.28. The van der Waals surface area contributed by atoms with E-state index >= 15 is 0 Å². The monoisotopic (exact) mass is 334 g/mol. The first-order valence-electron chi connectivity index (χ1n) is 7.94. The van der Waals surface area contributed by atoms with Crippen molar-refractivity contribution in [1.82, 2.24) is 10.2 Å². The quantitative estimate of drug-likeness (QED) is 0.923. The van der Waals surface area contributed by atoms with Gasteiger partial charge in [-0.1, -0.05) is 13.0 Å². The molecule has 1 N–H and O–H groups in total. The number of rotatable bonds is 4. The second-order valence-electron chi connectivity index (χ2n) is 5.68. The van der Waals surface area contributed by atoms with Gasteiger partial charge in [-0.2, -0.15) is 0 Å². The van der Waals surface area contributed by atoms with Gasteiger partial charge in [-0.15, -0.1) is 11.3 Å². The number of aryl methyl sites for hydroxylation is 1. The summed E-state index contributed by atoms with van der Waals surface area (Å²) < 4.78 is 11.4. The molecule has 1 fully saturated rings. The molecule has 1 saturated heterocycles. The summed E-state index contributed by atoms with van der Waals surface area (Å²) in [5, 5.41) is 5.16. The zero-order chi connectivity index (χ0) is 16.2. The van der Waals surface area contributed by atoms with Crippen LogP contribution in [0.1, 0.15) is 41.9 Å². The molecule has 3 rings (SSSR count). The molecule has 6 heteroatoms. The van der Waals surface area contributed by atoms with E-state index in [9.17, 15) is 4.79 Å². The van der Waals surface area contributed by atoms with Crippen molar-refractivity contribution in [3.8, 4) is 0 Å². The minimum atomic E-state index is -0.190. The Labute approximate surface area is 140 Å². The molecule has 0 aromatic carbocycles. The van der Waals surface area contributed by atoms with Crippen molar-refractivity contribution in [2.24, 2.45) is 0 Å². The highest BCUT2D eigenvalue weighted by Crippen LogP contribution is 2.25. The number of hydrogen-bond donors (Lipinski definition) is 1. The van der Waals surface area contributed by atoms with E-state index in [4.69, 9.17) is 9.15 Å².